The van der Waals surface area contributed by atoms with Crippen molar-refractivity contribution in [2.24, 2.45) is 0 Å². The zero-order valence-electron chi connectivity index (χ0n) is 17.1. The number of nitrogens with zero attached hydrogens (tertiary/aromatic N) is 1. The summed E-state index contributed by atoms with van der Waals surface area (Å²) in [5.41, 5.74) is 11.7. The Balaban J connectivity index is 2.19. The molecule has 0 heterocycles. The first-order valence-corrected chi connectivity index (χ1v) is 9.99. The van der Waals surface area contributed by atoms with Gasteiger partial charge in [0.2, 0.25) is 0 Å². The molecule has 3 nitrogen and oxygen atoms in total. The maximum absolute atomic E-state index is 14.1. The number of benzene rings is 3. The van der Waals surface area contributed by atoms with E-state index in [1.807, 2.05) is 56.1 Å². The third-order valence-corrected chi connectivity index (χ3v) is 5.55. The summed E-state index contributed by atoms with van der Waals surface area (Å²) < 4.78 is 14.1. The average molecular weight is 413 g/mol. The van der Waals surface area contributed by atoms with Crippen LogP contribution >= 0.6 is 11.6 Å². The minimum absolute atomic E-state index is 0.155. The quantitative estimate of drug-likeness (QED) is 0.455. The molecule has 0 saturated heterocycles. The van der Waals surface area contributed by atoms with Crippen LogP contribution in [0.3, 0.4) is 0 Å². The van der Waals surface area contributed by atoms with Crippen LogP contribution in [-0.4, -0.2) is 18.7 Å². The molecule has 3 aromatic carbocycles. The predicted octanol–water partition coefficient (Wildman–Crippen LogP) is 6.76. The van der Waals surface area contributed by atoms with Gasteiger partial charge in [-0.3, -0.25) is 0 Å². The molecule has 0 amide bonds. The van der Waals surface area contributed by atoms with Gasteiger partial charge in [-0.2, -0.15) is 0 Å². The van der Waals surface area contributed by atoms with E-state index in [1.165, 1.54) is 6.92 Å². The summed E-state index contributed by atoms with van der Waals surface area (Å²) in [4.78, 5) is 2.00. The minimum Gasteiger partial charge on any atom is -0.507 e. The van der Waals surface area contributed by atoms with E-state index in [2.05, 4.69) is 0 Å². The minimum atomic E-state index is -1.08. The smallest absolute Gasteiger partial charge is 0.131 e. The maximum Gasteiger partial charge on any atom is 0.131 e. The first-order valence-electron chi connectivity index (χ1n) is 9.61. The van der Waals surface area contributed by atoms with Crippen LogP contribution in [0.4, 0.5) is 15.8 Å². The third kappa shape index (κ3) is 4.18. The molecule has 3 aromatic rings. The van der Waals surface area contributed by atoms with E-state index in [1.54, 1.807) is 18.2 Å². The molecule has 1 unspecified atom stereocenters. The van der Waals surface area contributed by atoms with Gasteiger partial charge in [-0.25, -0.2) is 4.39 Å². The number of hydrogen-bond donors (Lipinski definition) is 2. The summed E-state index contributed by atoms with van der Waals surface area (Å²) in [6.45, 7) is 6.28. The number of nitrogens with two attached hydrogens (primary N) is 1. The lowest BCUT2D eigenvalue weighted by Crippen LogP contribution is -2.17. The summed E-state index contributed by atoms with van der Waals surface area (Å²) in [7, 11) is 1.93. The van der Waals surface area contributed by atoms with Crippen LogP contribution in [-0.2, 0) is 0 Å². The molecule has 0 aliphatic heterocycles. The summed E-state index contributed by atoms with van der Waals surface area (Å²) in [5, 5.41) is 11.5. The van der Waals surface area contributed by atoms with Gasteiger partial charge in [0.05, 0.1) is 10.7 Å². The fraction of sp³-hybridized carbons (Fsp3) is 0.250. The van der Waals surface area contributed by atoms with Crippen molar-refractivity contribution >= 4 is 23.0 Å². The Morgan fingerprint density at radius 1 is 1.07 bits per heavy atom. The zero-order chi connectivity index (χ0) is 21.3. The highest BCUT2D eigenvalue weighted by atomic mass is 35.5. The Hall–Kier alpha value is -2.72. The number of halogens is 2. The normalized spacial score (nSPS) is 12.1. The van der Waals surface area contributed by atoms with Crippen molar-refractivity contribution in [1.82, 2.24) is 0 Å². The lowest BCUT2D eigenvalue weighted by Gasteiger charge is -2.23. The van der Waals surface area contributed by atoms with Crippen molar-refractivity contribution in [1.29, 1.82) is 0 Å². The van der Waals surface area contributed by atoms with E-state index in [4.69, 9.17) is 17.3 Å². The van der Waals surface area contributed by atoms with E-state index in [9.17, 15) is 9.50 Å². The summed E-state index contributed by atoms with van der Waals surface area (Å²) >= 11 is 6.18. The van der Waals surface area contributed by atoms with Crippen molar-refractivity contribution in [2.45, 2.75) is 26.9 Å². The van der Waals surface area contributed by atoms with Crippen molar-refractivity contribution in [3.8, 4) is 28.0 Å². The molecule has 1 atom stereocenters. The number of alkyl halides is 1. The van der Waals surface area contributed by atoms with Crippen molar-refractivity contribution in [3.05, 3.63) is 64.7 Å². The second-order valence-corrected chi connectivity index (χ2v) is 7.76. The van der Waals surface area contributed by atoms with Crippen LogP contribution in [0.5, 0.6) is 5.75 Å². The highest BCUT2D eigenvalue weighted by molar-refractivity contribution is 6.33. The van der Waals surface area contributed by atoms with Gasteiger partial charge in [0.15, 0.2) is 0 Å². The van der Waals surface area contributed by atoms with Crippen LogP contribution < -0.4 is 10.6 Å². The van der Waals surface area contributed by atoms with Gasteiger partial charge in [0, 0.05) is 36.0 Å². The second-order valence-electron chi connectivity index (χ2n) is 7.35. The fourth-order valence-corrected chi connectivity index (χ4v) is 3.64. The Morgan fingerprint density at radius 2 is 1.66 bits per heavy atom. The van der Waals surface area contributed by atoms with Crippen LogP contribution in [0.2, 0.25) is 5.02 Å². The summed E-state index contributed by atoms with van der Waals surface area (Å²) in [5.74, 6) is 0.155. The molecule has 3 N–H and O–H groups in total. The molecule has 0 radical (unpaired) electrons. The molecule has 0 fully saturated rings. The van der Waals surface area contributed by atoms with Crippen molar-refractivity contribution in [3.63, 3.8) is 0 Å². The molecule has 0 aliphatic rings. The Morgan fingerprint density at radius 3 is 2.21 bits per heavy atom. The molecule has 0 spiro atoms. The molecule has 3 rings (SSSR count). The largest absolute Gasteiger partial charge is 0.507 e. The molecule has 0 aromatic heterocycles. The van der Waals surface area contributed by atoms with E-state index in [0.717, 1.165) is 28.9 Å². The molecule has 0 saturated carbocycles. The molecular formula is C24H26ClFN2O. The number of hydrogen-bond acceptors (Lipinski definition) is 3. The van der Waals surface area contributed by atoms with Gasteiger partial charge in [-0.15, -0.1) is 0 Å². The number of rotatable bonds is 5. The first-order chi connectivity index (χ1) is 13.7. The van der Waals surface area contributed by atoms with Crippen molar-refractivity contribution < 1.29 is 9.50 Å². The third-order valence-electron chi connectivity index (χ3n) is 5.22. The number of phenolic OH excluding ortho intramolecular Hbond substituents is 1. The average Bonchev–Trinajstić information content (AvgIpc) is 2.70. The SMILES string of the molecule is CCN(C)c1cc(-c2cc(C)cc(-c3ccc(N)c(Cl)c3)c2O)ccc1C(C)F. The van der Waals surface area contributed by atoms with E-state index >= 15 is 0 Å². The van der Waals surface area contributed by atoms with Gasteiger partial charge in [0.1, 0.15) is 11.9 Å². The molecule has 29 heavy (non-hydrogen) atoms. The van der Waals surface area contributed by atoms with Gasteiger partial charge in [-0.1, -0.05) is 29.8 Å². The zero-order valence-corrected chi connectivity index (χ0v) is 17.9. The van der Waals surface area contributed by atoms with Gasteiger partial charge in [-0.05, 0) is 67.8 Å². The van der Waals surface area contributed by atoms with E-state index < -0.39 is 6.17 Å². The van der Waals surface area contributed by atoms with Gasteiger partial charge >= 0.3 is 0 Å². The number of nitrogen functional groups attached to an aromatic ring is 1. The Kier molecular flexibility index (Phi) is 6.04. The first kappa shape index (κ1) is 21.0. The molecule has 0 aliphatic carbocycles. The Bertz CT molecular complexity index is 1050. The van der Waals surface area contributed by atoms with Gasteiger partial charge in [0.25, 0.3) is 0 Å². The maximum atomic E-state index is 14.1. The van der Waals surface area contributed by atoms with Crippen molar-refractivity contribution in [2.75, 3.05) is 24.2 Å². The monoisotopic (exact) mass is 412 g/mol. The lowest BCUT2D eigenvalue weighted by atomic mass is 9.93. The topological polar surface area (TPSA) is 49.5 Å². The van der Waals surface area contributed by atoms with Crippen LogP contribution in [0.25, 0.3) is 22.3 Å². The molecule has 0 bridgehead atoms. The number of aryl methyl sites for hydroxylation is 1. The predicted molar refractivity (Wildman–Crippen MR) is 122 cm³/mol. The standard InChI is InChI=1S/C24H26ClFN2O/c1-5-28(4)23-13-17(6-8-18(23)15(3)26)20-11-14(2)10-19(24(20)29)16-7-9-22(27)21(25)12-16/h6-13,15,29H,5,27H2,1-4H3. The highest BCUT2D eigenvalue weighted by Gasteiger charge is 2.17. The number of phenols is 1. The summed E-state index contributed by atoms with van der Waals surface area (Å²) in [6, 6.07) is 14.7. The van der Waals surface area contributed by atoms with Crippen LogP contribution in [0.1, 0.15) is 31.1 Å². The second kappa shape index (κ2) is 8.34. The molecular weight excluding hydrogens is 387 g/mol. The lowest BCUT2D eigenvalue weighted by molar-refractivity contribution is 0.374. The Labute approximate surface area is 176 Å². The van der Waals surface area contributed by atoms with E-state index in [-0.39, 0.29) is 5.75 Å². The van der Waals surface area contributed by atoms with Crippen LogP contribution in [0.15, 0.2) is 48.5 Å². The fourth-order valence-electron chi connectivity index (χ4n) is 3.46. The van der Waals surface area contributed by atoms with E-state index in [0.29, 0.717) is 27.4 Å². The van der Waals surface area contributed by atoms with Gasteiger partial charge < -0.3 is 15.7 Å². The highest BCUT2D eigenvalue weighted by Crippen LogP contribution is 2.42. The molecule has 5 heteroatoms. The summed E-state index contributed by atoms with van der Waals surface area (Å²) in [6.07, 6.45) is -1.08. The molecule has 152 valence electrons. The number of aromatic hydroxyl groups is 1. The van der Waals surface area contributed by atoms with Crippen LogP contribution in [0, 0.1) is 6.92 Å². The number of anilines is 2.